The standard InChI is InChI=1S/C17H10O9.3Na/c18-13(7-1-3-9(14(19)20)11(5-7)16(23)24)8-2-4-10(15(21)22)12(6-8)17(25)26;;;/h1-6H,(H,19,20)(H,21,22)(H,23,24)(H,25,26);;;. The Hall–Kier alpha value is -1.01. The van der Waals surface area contributed by atoms with Crippen molar-refractivity contribution in [1.82, 2.24) is 0 Å². The molecule has 3 radical (unpaired) electrons. The molecule has 9 nitrogen and oxygen atoms in total. The molecule has 0 aromatic heterocycles. The van der Waals surface area contributed by atoms with E-state index in [2.05, 4.69) is 0 Å². The molecule has 0 saturated carbocycles. The van der Waals surface area contributed by atoms with Crippen molar-refractivity contribution in [2.45, 2.75) is 0 Å². The maximum absolute atomic E-state index is 12.5. The fourth-order valence-corrected chi connectivity index (χ4v) is 2.26. The number of ketones is 1. The third-order valence-electron chi connectivity index (χ3n) is 3.49. The van der Waals surface area contributed by atoms with Gasteiger partial charge in [0.25, 0.3) is 0 Å². The van der Waals surface area contributed by atoms with Crippen molar-refractivity contribution in [2.75, 3.05) is 0 Å². The van der Waals surface area contributed by atoms with Crippen LogP contribution < -0.4 is 0 Å². The topological polar surface area (TPSA) is 166 Å². The first-order valence-corrected chi connectivity index (χ1v) is 6.89. The first-order chi connectivity index (χ1) is 12.1. The van der Waals surface area contributed by atoms with E-state index >= 15 is 0 Å². The Morgan fingerprint density at radius 3 is 1.00 bits per heavy atom. The van der Waals surface area contributed by atoms with Crippen LogP contribution in [0.5, 0.6) is 0 Å². The fourth-order valence-electron chi connectivity index (χ4n) is 2.26. The van der Waals surface area contributed by atoms with Crippen molar-refractivity contribution in [2.24, 2.45) is 0 Å². The zero-order valence-corrected chi connectivity index (χ0v) is 21.8. The summed E-state index contributed by atoms with van der Waals surface area (Å²) < 4.78 is 0. The van der Waals surface area contributed by atoms with Gasteiger partial charge in [0.05, 0.1) is 22.3 Å². The van der Waals surface area contributed by atoms with E-state index in [0.717, 1.165) is 36.4 Å². The zero-order chi connectivity index (χ0) is 19.6. The molecule has 0 heterocycles. The van der Waals surface area contributed by atoms with E-state index in [4.69, 9.17) is 20.4 Å². The van der Waals surface area contributed by atoms with Gasteiger partial charge in [-0.2, -0.15) is 0 Å². The number of carboxylic acid groups (broad SMARTS) is 4. The Balaban J connectivity index is 0. The maximum atomic E-state index is 12.5. The van der Waals surface area contributed by atoms with Crippen LogP contribution in [0, 0.1) is 0 Å². The minimum absolute atomic E-state index is 0. The molecular weight excluding hydrogens is 417 g/mol. The van der Waals surface area contributed by atoms with Crippen LogP contribution in [0.4, 0.5) is 0 Å². The van der Waals surface area contributed by atoms with Gasteiger partial charge in [0, 0.05) is 99.8 Å². The van der Waals surface area contributed by atoms with Crippen molar-refractivity contribution in [1.29, 1.82) is 0 Å². The number of aromatic carboxylic acids is 4. The van der Waals surface area contributed by atoms with Gasteiger partial charge in [-0.25, -0.2) is 19.2 Å². The average molecular weight is 427 g/mol. The van der Waals surface area contributed by atoms with Crippen molar-refractivity contribution in [3.05, 3.63) is 69.8 Å². The van der Waals surface area contributed by atoms with Crippen molar-refractivity contribution >= 4 is 118 Å². The Morgan fingerprint density at radius 1 is 0.483 bits per heavy atom. The van der Waals surface area contributed by atoms with Gasteiger partial charge >= 0.3 is 23.9 Å². The summed E-state index contributed by atoms with van der Waals surface area (Å²) in [5.41, 5.74) is -2.62. The van der Waals surface area contributed by atoms with Gasteiger partial charge in [0.15, 0.2) is 5.78 Å². The van der Waals surface area contributed by atoms with Gasteiger partial charge in [-0.05, 0) is 24.3 Å². The summed E-state index contributed by atoms with van der Waals surface area (Å²) in [6.07, 6.45) is 0. The molecule has 0 aliphatic heterocycles. The van der Waals surface area contributed by atoms with Crippen molar-refractivity contribution in [3.63, 3.8) is 0 Å². The second kappa shape index (κ2) is 12.6. The fraction of sp³-hybridized carbons (Fsp3) is 0. The summed E-state index contributed by atoms with van der Waals surface area (Å²) in [5.74, 6) is -6.86. The van der Waals surface area contributed by atoms with Gasteiger partial charge in [0.2, 0.25) is 0 Å². The van der Waals surface area contributed by atoms with Crippen LogP contribution in [-0.2, 0) is 0 Å². The van der Waals surface area contributed by atoms with Crippen molar-refractivity contribution < 1.29 is 44.4 Å². The third kappa shape index (κ3) is 7.02. The quantitative estimate of drug-likeness (QED) is 0.381. The van der Waals surface area contributed by atoms with Crippen LogP contribution in [0.25, 0.3) is 0 Å². The third-order valence-corrected chi connectivity index (χ3v) is 3.49. The summed E-state index contributed by atoms with van der Waals surface area (Å²) in [7, 11) is 0. The number of carbonyl (C=O) groups excluding carboxylic acids is 1. The summed E-state index contributed by atoms with van der Waals surface area (Å²) in [6.45, 7) is 0. The molecule has 29 heavy (non-hydrogen) atoms. The molecule has 0 atom stereocenters. The number of carboxylic acids is 4. The van der Waals surface area contributed by atoms with Gasteiger partial charge in [-0.15, -0.1) is 0 Å². The molecule has 2 aromatic carbocycles. The predicted molar refractivity (Wildman–Crippen MR) is 101 cm³/mol. The molecule has 0 bridgehead atoms. The predicted octanol–water partition coefficient (Wildman–Crippen LogP) is 0.568. The summed E-state index contributed by atoms with van der Waals surface area (Å²) in [4.78, 5) is 56.9. The molecule has 4 N–H and O–H groups in total. The van der Waals surface area contributed by atoms with E-state index in [1.807, 2.05) is 0 Å². The Kier molecular flexibility index (Phi) is 13.1. The average Bonchev–Trinajstić information content (AvgIpc) is 2.59. The number of rotatable bonds is 6. The van der Waals surface area contributed by atoms with E-state index in [9.17, 15) is 24.0 Å². The molecule has 0 amide bonds. The Bertz CT molecular complexity index is 909. The van der Waals surface area contributed by atoms with E-state index < -0.39 is 51.9 Å². The van der Waals surface area contributed by atoms with Crippen molar-refractivity contribution in [3.8, 4) is 0 Å². The molecule has 2 rings (SSSR count). The van der Waals surface area contributed by atoms with Gasteiger partial charge in [-0.1, -0.05) is 12.1 Å². The molecule has 0 spiro atoms. The molecule has 0 fully saturated rings. The number of benzene rings is 2. The minimum atomic E-state index is -1.55. The SMILES string of the molecule is O=C(c1ccc(C(=O)O)c(C(=O)O)c1)c1ccc(C(=O)O)c(C(=O)O)c1.[Na].[Na].[Na]. The van der Waals surface area contributed by atoms with Gasteiger partial charge < -0.3 is 20.4 Å². The van der Waals surface area contributed by atoms with Crippen LogP contribution >= 0.6 is 0 Å². The Labute approximate surface area is 230 Å². The second-order valence-electron chi connectivity index (χ2n) is 5.07. The molecular formula is C17H10Na3O9. The smallest absolute Gasteiger partial charge is 0.336 e. The monoisotopic (exact) mass is 427 g/mol. The number of hydrogen-bond donors (Lipinski definition) is 4. The van der Waals surface area contributed by atoms with E-state index in [1.54, 1.807) is 0 Å². The molecule has 12 heteroatoms. The number of carbonyl (C=O) groups is 5. The number of hydrogen-bond acceptors (Lipinski definition) is 5. The molecule has 2 aromatic rings. The van der Waals surface area contributed by atoms with Crippen LogP contribution in [0.3, 0.4) is 0 Å². The first kappa shape index (κ1) is 30.2. The summed E-state index contributed by atoms with van der Waals surface area (Å²) in [5, 5.41) is 36.1. The largest absolute Gasteiger partial charge is 0.478 e. The first-order valence-electron chi connectivity index (χ1n) is 6.89. The van der Waals surface area contributed by atoms with E-state index in [-0.39, 0.29) is 99.8 Å². The van der Waals surface area contributed by atoms with E-state index in [1.165, 1.54) is 0 Å². The van der Waals surface area contributed by atoms with E-state index in [0.29, 0.717) is 0 Å². The molecule has 0 unspecified atom stereocenters. The minimum Gasteiger partial charge on any atom is -0.478 e. The molecule has 0 aliphatic carbocycles. The van der Waals surface area contributed by atoms with Crippen LogP contribution in [0.1, 0.15) is 57.4 Å². The van der Waals surface area contributed by atoms with Gasteiger partial charge in [-0.3, -0.25) is 4.79 Å². The van der Waals surface area contributed by atoms with Crippen LogP contribution in [-0.4, -0.2) is 139 Å². The maximum Gasteiger partial charge on any atom is 0.336 e. The second-order valence-corrected chi connectivity index (χ2v) is 5.07. The molecule has 0 saturated heterocycles. The van der Waals surface area contributed by atoms with Gasteiger partial charge in [0.1, 0.15) is 0 Å². The molecule has 135 valence electrons. The van der Waals surface area contributed by atoms with Crippen LogP contribution in [0.2, 0.25) is 0 Å². The summed E-state index contributed by atoms with van der Waals surface area (Å²) in [6, 6.07) is 5.79. The van der Waals surface area contributed by atoms with Crippen LogP contribution in [0.15, 0.2) is 36.4 Å². The normalized spacial score (nSPS) is 9.10. The zero-order valence-electron chi connectivity index (χ0n) is 15.8. The Morgan fingerprint density at radius 2 is 0.759 bits per heavy atom. The summed E-state index contributed by atoms with van der Waals surface area (Å²) >= 11 is 0. The molecule has 0 aliphatic rings.